The molecule has 0 aliphatic heterocycles. The molecule has 0 fully saturated rings. The maximum Gasteiger partial charge on any atom is 0.121 e. The molecule has 0 radical (unpaired) electrons. The van der Waals surface area contributed by atoms with Crippen LogP contribution in [0.15, 0.2) is 21.2 Å². The lowest BCUT2D eigenvalue weighted by Gasteiger charge is -1.88. The second-order valence-electron chi connectivity index (χ2n) is 1.57. The Morgan fingerprint density at radius 1 is 1.78 bits per heavy atom. The third-order valence-electron chi connectivity index (χ3n) is 0.875. The zero-order chi connectivity index (χ0) is 6.69. The van der Waals surface area contributed by atoms with Crippen molar-refractivity contribution < 1.29 is 9.62 Å². The van der Waals surface area contributed by atoms with Gasteiger partial charge in [-0.05, 0) is 22.0 Å². The maximum absolute atomic E-state index is 8.20. The quantitative estimate of drug-likeness (QED) is 0.698. The molecule has 3 nitrogen and oxygen atoms in total. The fourth-order valence-corrected chi connectivity index (χ4v) is 0.873. The van der Waals surface area contributed by atoms with Crippen LogP contribution in [-0.2, 0) is 6.54 Å². The van der Waals surface area contributed by atoms with Crippen LogP contribution in [0.3, 0.4) is 0 Å². The number of furan rings is 1. The van der Waals surface area contributed by atoms with E-state index in [0.717, 1.165) is 4.47 Å². The van der Waals surface area contributed by atoms with Crippen molar-refractivity contribution in [3.05, 3.63) is 22.6 Å². The van der Waals surface area contributed by atoms with Gasteiger partial charge in [0.15, 0.2) is 0 Å². The topological polar surface area (TPSA) is 45.4 Å². The molecule has 0 aliphatic carbocycles. The minimum absolute atomic E-state index is 0.339. The summed E-state index contributed by atoms with van der Waals surface area (Å²) in [5.41, 5.74) is 1.98. The van der Waals surface area contributed by atoms with Gasteiger partial charge in [-0.25, -0.2) is 0 Å². The largest absolute Gasteiger partial charge is 0.467 e. The maximum atomic E-state index is 8.20. The highest BCUT2D eigenvalue weighted by Gasteiger charge is 1.95. The van der Waals surface area contributed by atoms with Crippen LogP contribution in [0.4, 0.5) is 0 Å². The van der Waals surface area contributed by atoms with Crippen molar-refractivity contribution in [3.63, 3.8) is 0 Å². The molecule has 2 N–H and O–H groups in total. The van der Waals surface area contributed by atoms with Gasteiger partial charge in [-0.15, -0.1) is 0 Å². The normalized spacial score (nSPS) is 10.0. The highest BCUT2D eigenvalue weighted by molar-refractivity contribution is 9.10. The van der Waals surface area contributed by atoms with E-state index in [1.54, 1.807) is 12.3 Å². The van der Waals surface area contributed by atoms with Gasteiger partial charge in [0.1, 0.15) is 12.0 Å². The third kappa shape index (κ3) is 1.82. The van der Waals surface area contributed by atoms with Gasteiger partial charge in [0, 0.05) is 0 Å². The van der Waals surface area contributed by atoms with Gasteiger partial charge in [0.25, 0.3) is 0 Å². The van der Waals surface area contributed by atoms with Crippen molar-refractivity contribution in [2.75, 3.05) is 0 Å². The van der Waals surface area contributed by atoms with Gasteiger partial charge in [-0.2, -0.15) is 5.48 Å². The smallest absolute Gasteiger partial charge is 0.121 e. The van der Waals surface area contributed by atoms with Crippen LogP contribution in [0.5, 0.6) is 0 Å². The van der Waals surface area contributed by atoms with Crippen molar-refractivity contribution in [1.29, 1.82) is 0 Å². The van der Waals surface area contributed by atoms with E-state index in [1.165, 1.54) is 0 Å². The van der Waals surface area contributed by atoms with E-state index in [4.69, 9.17) is 9.62 Å². The third-order valence-corrected chi connectivity index (χ3v) is 1.29. The number of rotatable bonds is 2. The number of nitrogens with one attached hydrogen (secondary N) is 1. The van der Waals surface area contributed by atoms with Gasteiger partial charge < -0.3 is 9.62 Å². The monoisotopic (exact) mass is 191 g/mol. The Balaban J connectivity index is 2.61. The van der Waals surface area contributed by atoms with Crippen LogP contribution >= 0.6 is 15.9 Å². The molecule has 1 aromatic heterocycles. The van der Waals surface area contributed by atoms with Crippen LogP contribution in [0.1, 0.15) is 5.76 Å². The minimum Gasteiger partial charge on any atom is -0.467 e. The Bertz CT molecular complexity index is 187. The fraction of sp³-hybridized carbons (Fsp3) is 0.200. The van der Waals surface area contributed by atoms with E-state index in [2.05, 4.69) is 15.9 Å². The first kappa shape index (κ1) is 6.80. The van der Waals surface area contributed by atoms with E-state index in [0.29, 0.717) is 12.3 Å². The van der Waals surface area contributed by atoms with Gasteiger partial charge >= 0.3 is 0 Å². The first-order valence-electron chi connectivity index (χ1n) is 2.43. The molecular formula is C5H6BrNO2. The molecule has 0 bridgehead atoms. The lowest BCUT2D eigenvalue weighted by Crippen LogP contribution is -2.04. The molecule has 0 spiro atoms. The summed E-state index contributed by atoms with van der Waals surface area (Å²) < 4.78 is 5.82. The highest BCUT2D eigenvalue weighted by atomic mass is 79.9. The Morgan fingerprint density at radius 3 is 3.00 bits per heavy atom. The molecule has 0 unspecified atom stereocenters. The van der Waals surface area contributed by atoms with E-state index in [-0.39, 0.29) is 0 Å². The summed E-state index contributed by atoms with van der Waals surface area (Å²) >= 11 is 3.20. The SMILES string of the molecule is ONCc1cc(Br)co1. The van der Waals surface area contributed by atoms with Crippen molar-refractivity contribution in [2.24, 2.45) is 0 Å². The van der Waals surface area contributed by atoms with Gasteiger partial charge in [0.2, 0.25) is 0 Å². The minimum atomic E-state index is 0.339. The first-order valence-corrected chi connectivity index (χ1v) is 3.22. The highest BCUT2D eigenvalue weighted by Crippen LogP contribution is 2.13. The zero-order valence-corrected chi connectivity index (χ0v) is 6.18. The summed E-state index contributed by atoms with van der Waals surface area (Å²) in [6.07, 6.45) is 1.56. The Hall–Kier alpha value is -0.320. The summed E-state index contributed by atoms with van der Waals surface area (Å²) in [5.74, 6) is 0.698. The second kappa shape index (κ2) is 3.00. The summed E-state index contributed by atoms with van der Waals surface area (Å²) in [6, 6.07) is 1.78. The van der Waals surface area contributed by atoms with Crippen LogP contribution in [0.25, 0.3) is 0 Å². The van der Waals surface area contributed by atoms with Gasteiger partial charge in [0.05, 0.1) is 11.0 Å². The standard InChI is InChI=1S/C5H6BrNO2/c6-4-1-5(2-7-8)9-3-4/h1,3,7-8H,2H2. The van der Waals surface area contributed by atoms with E-state index in [1.807, 2.05) is 5.48 Å². The Morgan fingerprint density at radius 2 is 2.56 bits per heavy atom. The van der Waals surface area contributed by atoms with Crippen LogP contribution in [-0.4, -0.2) is 5.21 Å². The Kier molecular flexibility index (Phi) is 2.27. The summed E-state index contributed by atoms with van der Waals surface area (Å²) in [6.45, 7) is 0.339. The van der Waals surface area contributed by atoms with Crippen molar-refractivity contribution in [2.45, 2.75) is 6.54 Å². The van der Waals surface area contributed by atoms with Gasteiger partial charge in [-0.1, -0.05) is 0 Å². The summed E-state index contributed by atoms with van der Waals surface area (Å²) in [7, 11) is 0. The van der Waals surface area contributed by atoms with Crippen molar-refractivity contribution in [3.8, 4) is 0 Å². The summed E-state index contributed by atoms with van der Waals surface area (Å²) in [4.78, 5) is 0. The van der Waals surface area contributed by atoms with Crippen LogP contribution in [0, 0.1) is 0 Å². The molecule has 0 amide bonds. The van der Waals surface area contributed by atoms with Crippen molar-refractivity contribution >= 4 is 15.9 Å². The molecule has 0 aromatic carbocycles. The van der Waals surface area contributed by atoms with E-state index >= 15 is 0 Å². The number of halogens is 1. The molecule has 0 aliphatic rings. The molecule has 1 heterocycles. The molecular weight excluding hydrogens is 186 g/mol. The average molecular weight is 192 g/mol. The second-order valence-corrected chi connectivity index (χ2v) is 2.48. The molecule has 4 heteroatoms. The predicted octanol–water partition coefficient (Wildman–Crippen LogP) is 1.52. The van der Waals surface area contributed by atoms with Crippen LogP contribution in [0.2, 0.25) is 0 Å². The fourth-order valence-electron chi connectivity index (χ4n) is 0.524. The molecule has 0 saturated carbocycles. The van der Waals surface area contributed by atoms with Crippen LogP contribution < -0.4 is 5.48 Å². The van der Waals surface area contributed by atoms with Crippen molar-refractivity contribution in [1.82, 2.24) is 5.48 Å². The zero-order valence-electron chi connectivity index (χ0n) is 4.60. The predicted molar refractivity (Wildman–Crippen MR) is 35.0 cm³/mol. The lowest BCUT2D eigenvalue weighted by atomic mass is 10.5. The average Bonchev–Trinajstić information content (AvgIpc) is 2.17. The molecule has 50 valence electrons. The molecule has 0 saturated heterocycles. The van der Waals surface area contributed by atoms with E-state index < -0.39 is 0 Å². The molecule has 1 aromatic rings. The Labute approximate surface area is 60.8 Å². The molecule has 1 rings (SSSR count). The lowest BCUT2D eigenvalue weighted by molar-refractivity contribution is 0.153. The summed E-state index contributed by atoms with van der Waals surface area (Å²) in [5, 5.41) is 8.20. The number of hydrogen-bond acceptors (Lipinski definition) is 3. The number of hydroxylamine groups is 1. The molecule has 0 atom stereocenters. The van der Waals surface area contributed by atoms with E-state index in [9.17, 15) is 0 Å². The first-order chi connectivity index (χ1) is 4.33. The van der Waals surface area contributed by atoms with Gasteiger partial charge in [-0.3, -0.25) is 0 Å². The number of hydrogen-bond donors (Lipinski definition) is 2. The molecule has 9 heavy (non-hydrogen) atoms.